The highest BCUT2D eigenvalue weighted by atomic mass is 32.2. The third-order valence-corrected chi connectivity index (χ3v) is 9.40. The van der Waals surface area contributed by atoms with E-state index in [1.807, 2.05) is 24.3 Å². The normalized spacial score (nSPS) is 11.5. The number of nitrogens with zero attached hydrogens (tertiary/aromatic N) is 3. The molecular formula is C36H28F2N6O2S3. The van der Waals surface area contributed by atoms with E-state index in [1.54, 1.807) is 67.3 Å². The zero-order valence-corrected chi connectivity index (χ0v) is 28.3. The first-order valence-corrected chi connectivity index (χ1v) is 17.7. The average Bonchev–Trinajstić information content (AvgIpc) is 3.73. The van der Waals surface area contributed by atoms with Crippen molar-refractivity contribution in [3.8, 4) is 50.8 Å². The van der Waals surface area contributed by atoms with E-state index in [0.29, 0.717) is 20.6 Å². The maximum absolute atomic E-state index is 13.4. The summed E-state index contributed by atoms with van der Waals surface area (Å²) < 4.78 is 38.7. The van der Waals surface area contributed by atoms with Gasteiger partial charge in [0.15, 0.2) is 9.93 Å². The Morgan fingerprint density at radius 1 is 0.714 bits per heavy atom. The lowest BCUT2D eigenvalue weighted by molar-refractivity contribution is 0.461. The Labute approximate surface area is 292 Å². The van der Waals surface area contributed by atoms with Crippen molar-refractivity contribution in [2.24, 2.45) is 0 Å². The number of phenolic OH excluding ortho intramolecular Hbond substituents is 1. The van der Waals surface area contributed by atoms with Gasteiger partial charge in [0.05, 0.1) is 38.5 Å². The van der Waals surface area contributed by atoms with Crippen LogP contribution in [0.5, 0.6) is 5.75 Å². The van der Waals surface area contributed by atoms with Crippen LogP contribution in [0.2, 0.25) is 0 Å². The van der Waals surface area contributed by atoms with Crippen LogP contribution in [0.4, 0.5) is 8.78 Å². The fourth-order valence-corrected chi connectivity index (χ4v) is 6.64. The van der Waals surface area contributed by atoms with Gasteiger partial charge in [-0.05, 0) is 103 Å². The van der Waals surface area contributed by atoms with Crippen LogP contribution in [-0.4, -0.2) is 45.5 Å². The van der Waals surface area contributed by atoms with Crippen LogP contribution in [0.3, 0.4) is 0 Å². The largest absolute Gasteiger partial charge is 0.507 e. The molecule has 0 aliphatic rings. The van der Waals surface area contributed by atoms with Gasteiger partial charge in [-0.2, -0.15) is 0 Å². The monoisotopic (exact) mass is 710 g/mol. The molecule has 0 saturated carbocycles. The molecule has 13 heteroatoms. The van der Waals surface area contributed by atoms with E-state index in [1.165, 1.54) is 42.3 Å². The molecule has 0 fully saturated rings. The van der Waals surface area contributed by atoms with Gasteiger partial charge in [0.1, 0.15) is 17.4 Å². The molecule has 7 aromatic rings. The summed E-state index contributed by atoms with van der Waals surface area (Å²) in [5, 5.41) is 10.6. The lowest BCUT2D eigenvalue weighted by atomic mass is 10.1. The van der Waals surface area contributed by atoms with E-state index in [9.17, 15) is 18.1 Å². The molecule has 246 valence electrons. The summed E-state index contributed by atoms with van der Waals surface area (Å²) in [6.07, 6.45) is 8.39. The van der Waals surface area contributed by atoms with E-state index < -0.39 is 10.8 Å². The highest BCUT2D eigenvalue weighted by Gasteiger charge is 2.16. The number of imidazole rings is 2. The molecule has 0 radical (unpaired) electrons. The number of rotatable bonds is 8. The van der Waals surface area contributed by atoms with Crippen molar-refractivity contribution in [3.63, 3.8) is 0 Å². The summed E-state index contributed by atoms with van der Waals surface area (Å²) in [6.45, 7) is 0. The van der Waals surface area contributed by atoms with E-state index in [2.05, 4.69) is 24.9 Å². The Bertz CT molecular complexity index is 2260. The van der Waals surface area contributed by atoms with Crippen molar-refractivity contribution < 1.29 is 18.1 Å². The quantitative estimate of drug-likeness (QED) is 0.0917. The van der Waals surface area contributed by atoms with Crippen molar-refractivity contribution in [1.29, 1.82) is 0 Å². The minimum atomic E-state index is -1.27. The standard InChI is InChI=1S/C22H18FN3O2S2.C14H10FN3S/c1-30(28)19-12-14(2-7-18(19)27)13-29-22-25-20(15-3-5-17(23)6-4-15)21(26-22)16-8-10-24-11-9-16;15-11-3-1-9(2-4-11)12-13(18-14(19)17-12)10-5-7-16-8-6-10/h2-12,27H,13H2,1H3,(H,25,26);1-8H,(H2,17,18,19). The van der Waals surface area contributed by atoms with Crippen LogP contribution in [0, 0.1) is 16.4 Å². The van der Waals surface area contributed by atoms with Crippen LogP contribution in [0.1, 0.15) is 5.56 Å². The zero-order chi connectivity index (χ0) is 34.3. The second-order valence-electron chi connectivity index (χ2n) is 10.6. The minimum absolute atomic E-state index is 0.0288. The highest BCUT2D eigenvalue weighted by Crippen LogP contribution is 2.34. The van der Waals surface area contributed by atoms with Gasteiger partial charge >= 0.3 is 0 Å². The van der Waals surface area contributed by atoms with Crippen LogP contribution in [-0.2, 0) is 16.6 Å². The van der Waals surface area contributed by atoms with Gasteiger partial charge in [0.25, 0.3) is 0 Å². The summed E-state index contributed by atoms with van der Waals surface area (Å²) in [4.78, 5) is 22.8. The second kappa shape index (κ2) is 15.3. The number of aromatic hydroxyl groups is 1. The zero-order valence-electron chi connectivity index (χ0n) is 25.9. The smallest absolute Gasteiger partial charge is 0.175 e. The van der Waals surface area contributed by atoms with Crippen molar-refractivity contribution in [3.05, 3.63) is 138 Å². The van der Waals surface area contributed by atoms with Crippen LogP contribution in [0.25, 0.3) is 45.0 Å². The molecule has 3 aromatic carbocycles. The number of thioether (sulfide) groups is 1. The van der Waals surface area contributed by atoms with Gasteiger partial charge in [-0.1, -0.05) is 17.8 Å². The number of halogens is 2. The molecule has 8 nitrogen and oxygen atoms in total. The van der Waals surface area contributed by atoms with Crippen molar-refractivity contribution in [2.75, 3.05) is 6.26 Å². The maximum atomic E-state index is 13.4. The second-order valence-corrected chi connectivity index (χ2v) is 13.3. The first kappa shape index (κ1) is 33.7. The summed E-state index contributed by atoms with van der Waals surface area (Å²) >= 11 is 6.64. The van der Waals surface area contributed by atoms with Crippen molar-refractivity contribution in [1.82, 2.24) is 29.9 Å². The molecule has 4 N–H and O–H groups in total. The summed E-state index contributed by atoms with van der Waals surface area (Å²) in [6, 6.07) is 25.2. The van der Waals surface area contributed by atoms with Crippen LogP contribution >= 0.6 is 24.0 Å². The molecule has 0 bridgehead atoms. The molecule has 1 unspecified atom stereocenters. The number of H-pyrrole nitrogens is 3. The number of benzene rings is 3. The van der Waals surface area contributed by atoms with Crippen molar-refractivity contribution in [2.45, 2.75) is 15.8 Å². The van der Waals surface area contributed by atoms with Crippen molar-refractivity contribution >= 4 is 34.8 Å². The predicted molar refractivity (Wildman–Crippen MR) is 192 cm³/mol. The molecule has 0 amide bonds. The highest BCUT2D eigenvalue weighted by molar-refractivity contribution is 7.98. The van der Waals surface area contributed by atoms with E-state index in [4.69, 9.17) is 17.2 Å². The minimum Gasteiger partial charge on any atom is -0.507 e. The van der Waals surface area contributed by atoms with Gasteiger partial charge in [0.2, 0.25) is 0 Å². The molecule has 4 aromatic heterocycles. The van der Waals surface area contributed by atoms with Gasteiger partial charge in [-0.15, -0.1) is 0 Å². The van der Waals surface area contributed by atoms with E-state index >= 15 is 0 Å². The molecule has 1 atom stereocenters. The molecule has 0 saturated heterocycles. The third kappa shape index (κ3) is 8.26. The summed E-state index contributed by atoms with van der Waals surface area (Å²) in [5.41, 5.74) is 7.78. The van der Waals surface area contributed by atoms with Crippen LogP contribution in [0.15, 0.2) is 126 Å². The van der Waals surface area contributed by atoms with E-state index in [-0.39, 0.29) is 17.4 Å². The molecule has 4 heterocycles. The Morgan fingerprint density at radius 2 is 1.22 bits per heavy atom. The van der Waals surface area contributed by atoms with Gasteiger partial charge in [0, 0.05) is 59.0 Å². The Morgan fingerprint density at radius 3 is 1.78 bits per heavy atom. The lowest BCUT2D eigenvalue weighted by Crippen LogP contribution is -1.91. The van der Waals surface area contributed by atoms with Crippen LogP contribution < -0.4 is 0 Å². The summed E-state index contributed by atoms with van der Waals surface area (Å²) in [7, 11) is -1.27. The fraction of sp³-hybridized carbons (Fsp3) is 0.0556. The summed E-state index contributed by atoms with van der Waals surface area (Å²) in [5.74, 6) is 0.0479. The lowest BCUT2D eigenvalue weighted by Gasteiger charge is -2.04. The third-order valence-electron chi connectivity index (χ3n) is 7.31. The Balaban J connectivity index is 0.000000188. The molecule has 7 rings (SSSR count). The first-order chi connectivity index (χ1) is 23.7. The van der Waals surface area contributed by atoms with Gasteiger partial charge < -0.3 is 20.1 Å². The number of nitrogens with one attached hydrogen (secondary N) is 3. The molecular weight excluding hydrogens is 683 g/mol. The predicted octanol–water partition coefficient (Wildman–Crippen LogP) is 8.95. The molecule has 49 heavy (non-hydrogen) atoms. The number of hydrogen-bond acceptors (Lipinski definition) is 7. The number of aromatic amines is 3. The molecule has 0 aliphatic carbocycles. The Kier molecular flexibility index (Phi) is 10.5. The van der Waals surface area contributed by atoms with E-state index in [0.717, 1.165) is 50.6 Å². The van der Waals surface area contributed by atoms with Gasteiger partial charge in [-0.3, -0.25) is 14.2 Å². The molecule has 0 aliphatic heterocycles. The number of phenols is 1. The SMILES string of the molecule is CS(=O)c1cc(CSc2nc(-c3ccc(F)cc3)c(-c3ccncc3)[nH]2)ccc1O.Fc1ccc(-c2[nH]c(=S)[nH]c2-c2ccncc2)cc1. The fourth-order valence-electron chi connectivity index (χ4n) is 4.95. The topological polar surface area (TPSA) is 123 Å². The van der Waals surface area contributed by atoms with Gasteiger partial charge in [-0.25, -0.2) is 13.8 Å². The number of aromatic nitrogens is 6. The first-order valence-electron chi connectivity index (χ1n) is 14.8. The number of hydrogen-bond donors (Lipinski definition) is 4. The average molecular weight is 711 g/mol. The maximum Gasteiger partial charge on any atom is 0.175 e. The molecule has 0 spiro atoms. The Hall–Kier alpha value is -5.24. The number of pyridine rings is 2.